The molecule has 0 aliphatic carbocycles. The number of aromatic nitrogens is 2. The van der Waals surface area contributed by atoms with Gasteiger partial charge in [-0.3, -0.25) is 14.3 Å². The topological polar surface area (TPSA) is 81.2 Å². The number of primary amides is 1. The number of amides is 2. The number of fused-ring (bicyclic) bond motifs is 1. The number of carbonyl (C=O) groups excluding carboxylic acids is 2. The van der Waals surface area contributed by atoms with Gasteiger partial charge in [0, 0.05) is 31.0 Å². The van der Waals surface area contributed by atoms with E-state index in [1.54, 1.807) is 13.0 Å². The van der Waals surface area contributed by atoms with Crippen LogP contribution < -0.4 is 5.73 Å². The maximum atomic E-state index is 11.9. The van der Waals surface area contributed by atoms with Crippen molar-refractivity contribution in [3.63, 3.8) is 0 Å². The summed E-state index contributed by atoms with van der Waals surface area (Å²) in [5, 5.41) is 5.74. The molecule has 138 valence electrons. The minimum absolute atomic E-state index is 0.110. The van der Waals surface area contributed by atoms with E-state index < -0.39 is 5.91 Å². The molecule has 2 N–H and O–H groups in total. The summed E-state index contributed by atoms with van der Waals surface area (Å²) in [6.07, 6.45) is 1.67. The van der Waals surface area contributed by atoms with Gasteiger partial charge in [-0.1, -0.05) is 42.5 Å². The molecule has 2 aromatic carbocycles. The summed E-state index contributed by atoms with van der Waals surface area (Å²) >= 11 is 0. The zero-order valence-electron chi connectivity index (χ0n) is 15.3. The highest BCUT2D eigenvalue weighted by molar-refractivity contribution is 6.08. The Bertz CT molecular complexity index is 1000. The van der Waals surface area contributed by atoms with Crippen molar-refractivity contribution in [3.05, 3.63) is 54.1 Å². The first-order valence-electron chi connectivity index (χ1n) is 9.18. The highest BCUT2D eigenvalue weighted by atomic mass is 16.2. The van der Waals surface area contributed by atoms with Crippen molar-refractivity contribution >= 4 is 22.7 Å². The fraction of sp³-hybridized carbons (Fsp3) is 0.286. The normalized spacial score (nSPS) is 15.2. The van der Waals surface area contributed by atoms with E-state index in [-0.39, 0.29) is 11.9 Å². The summed E-state index contributed by atoms with van der Waals surface area (Å²) in [5.41, 5.74) is 8.69. The van der Waals surface area contributed by atoms with Crippen molar-refractivity contribution in [2.24, 2.45) is 5.73 Å². The molecule has 6 nitrogen and oxygen atoms in total. The van der Waals surface area contributed by atoms with Gasteiger partial charge in [-0.05, 0) is 18.9 Å². The second-order valence-corrected chi connectivity index (χ2v) is 6.96. The van der Waals surface area contributed by atoms with Crippen molar-refractivity contribution < 1.29 is 9.59 Å². The van der Waals surface area contributed by atoms with Crippen LogP contribution in [0.25, 0.3) is 22.2 Å². The molecule has 3 aromatic rings. The van der Waals surface area contributed by atoms with E-state index in [2.05, 4.69) is 12.1 Å². The van der Waals surface area contributed by atoms with Crippen molar-refractivity contribution in [1.29, 1.82) is 0 Å². The number of piperidine rings is 1. The maximum absolute atomic E-state index is 11.9. The Labute approximate surface area is 157 Å². The van der Waals surface area contributed by atoms with Crippen LogP contribution in [0, 0.1) is 0 Å². The molecule has 6 heteroatoms. The summed E-state index contributed by atoms with van der Waals surface area (Å²) in [6, 6.07) is 15.8. The van der Waals surface area contributed by atoms with Gasteiger partial charge in [0.15, 0.2) is 0 Å². The van der Waals surface area contributed by atoms with Crippen molar-refractivity contribution in [2.75, 3.05) is 13.1 Å². The SMILES string of the molecule is CC(=O)N1CCC(n2nc3c(C(N)=O)cccc3c2-c2ccccc2)CC1. The molecule has 2 heterocycles. The Morgan fingerprint density at radius 1 is 1.04 bits per heavy atom. The van der Waals surface area contributed by atoms with Crippen LogP contribution in [0.1, 0.15) is 36.2 Å². The van der Waals surface area contributed by atoms with E-state index in [1.165, 1.54) is 0 Å². The molecule has 1 saturated heterocycles. The van der Waals surface area contributed by atoms with Gasteiger partial charge < -0.3 is 10.6 Å². The van der Waals surface area contributed by atoms with Crippen LogP contribution in [0.3, 0.4) is 0 Å². The lowest BCUT2D eigenvalue weighted by Gasteiger charge is -2.32. The number of nitrogens with zero attached hydrogens (tertiary/aromatic N) is 3. The van der Waals surface area contributed by atoms with E-state index in [1.807, 2.05) is 39.9 Å². The third-order valence-corrected chi connectivity index (χ3v) is 5.30. The van der Waals surface area contributed by atoms with Crippen LogP contribution in [-0.2, 0) is 4.79 Å². The first kappa shape index (κ1) is 17.3. The molecule has 0 bridgehead atoms. The van der Waals surface area contributed by atoms with Crippen LogP contribution in [-0.4, -0.2) is 39.6 Å². The zero-order chi connectivity index (χ0) is 19.0. The van der Waals surface area contributed by atoms with Gasteiger partial charge in [0.1, 0.15) is 5.52 Å². The van der Waals surface area contributed by atoms with Gasteiger partial charge in [-0.15, -0.1) is 0 Å². The second-order valence-electron chi connectivity index (χ2n) is 6.96. The highest BCUT2D eigenvalue weighted by Gasteiger charge is 2.27. The number of benzene rings is 2. The molecule has 0 atom stereocenters. The third kappa shape index (κ3) is 3.07. The average Bonchev–Trinajstić information content (AvgIpc) is 3.08. The lowest BCUT2D eigenvalue weighted by atomic mass is 10.0. The van der Waals surface area contributed by atoms with Gasteiger partial charge in [0.25, 0.3) is 5.91 Å². The van der Waals surface area contributed by atoms with Gasteiger partial charge in [0.05, 0.1) is 17.3 Å². The molecule has 27 heavy (non-hydrogen) atoms. The Balaban J connectivity index is 1.86. The lowest BCUT2D eigenvalue weighted by molar-refractivity contribution is -0.130. The fourth-order valence-corrected chi connectivity index (χ4v) is 3.90. The van der Waals surface area contributed by atoms with E-state index >= 15 is 0 Å². The third-order valence-electron chi connectivity index (χ3n) is 5.30. The van der Waals surface area contributed by atoms with Crippen LogP contribution >= 0.6 is 0 Å². The summed E-state index contributed by atoms with van der Waals surface area (Å²) in [6.45, 7) is 3.04. The number of carbonyl (C=O) groups is 2. The first-order chi connectivity index (χ1) is 13.1. The molecule has 0 saturated carbocycles. The van der Waals surface area contributed by atoms with E-state index in [9.17, 15) is 9.59 Å². The van der Waals surface area contributed by atoms with Crippen LogP contribution in [0.4, 0.5) is 0 Å². The highest BCUT2D eigenvalue weighted by Crippen LogP contribution is 2.35. The van der Waals surface area contributed by atoms with Crippen LogP contribution in [0.5, 0.6) is 0 Å². The molecular formula is C21H22N4O2. The molecular weight excluding hydrogens is 340 g/mol. The lowest BCUT2D eigenvalue weighted by Crippen LogP contribution is -2.38. The predicted octanol–water partition coefficient (Wildman–Crippen LogP) is 2.99. The molecule has 4 rings (SSSR count). The largest absolute Gasteiger partial charge is 0.366 e. The smallest absolute Gasteiger partial charge is 0.250 e. The van der Waals surface area contributed by atoms with Crippen molar-refractivity contribution in [2.45, 2.75) is 25.8 Å². The van der Waals surface area contributed by atoms with Crippen LogP contribution in [0.15, 0.2) is 48.5 Å². The fourth-order valence-electron chi connectivity index (χ4n) is 3.90. The van der Waals surface area contributed by atoms with Gasteiger partial charge in [0.2, 0.25) is 5.91 Å². The van der Waals surface area contributed by atoms with E-state index in [0.717, 1.165) is 29.5 Å². The Morgan fingerprint density at radius 2 is 1.74 bits per heavy atom. The van der Waals surface area contributed by atoms with Crippen molar-refractivity contribution in [3.8, 4) is 11.3 Å². The monoisotopic (exact) mass is 362 g/mol. The number of rotatable bonds is 3. The second kappa shape index (κ2) is 6.87. The van der Waals surface area contributed by atoms with Gasteiger partial charge >= 0.3 is 0 Å². The Kier molecular flexibility index (Phi) is 4.39. The summed E-state index contributed by atoms with van der Waals surface area (Å²) < 4.78 is 2.03. The summed E-state index contributed by atoms with van der Waals surface area (Å²) in [5.74, 6) is -0.366. The average molecular weight is 362 g/mol. The molecule has 0 unspecified atom stereocenters. The molecule has 2 amide bonds. The quantitative estimate of drug-likeness (QED) is 0.778. The maximum Gasteiger partial charge on any atom is 0.250 e. The molecule has 1 aromatic heterocycles. The minimum Gasteiger partial charge on any atom is -0.366 e. The summed E-state index contributed by atoms with van der Waals surface area (Å²) in [7, 11) is 0. The molecule has 1 aliphatic rings. The number of likely N-dealkylation sites (tertiary alicyclic amines) is 1. The minimum atomic E-state index is -0.476. The number of hydrogen-bond donors (Lipinski definition) is 1. The van der Waals surface area contributed by atoms with Crippen molar-refractivity contribution in [1.82, 2.24) is 14.7 Å². The van der Waals surface area contributed by atoms with Gasteiger partial charge in [-0.25, -0.2) is 0 Å². The predicted molar refractivity (Wildman–Crippen MR) is 104 cm³/mol. The molecule has 0 spiro atoms. The molecule has 0 radical (unpaired) electrons. The Hall–Kier alpha value is -3.15. The Morgan fingerprint density at radius 3 is 2.37 bits per heavy atom. The standard InChI is InChI=1S/C21H22N4O2/c1-14(26)24-12-10-16(11-13-24)25-20(15-6-3-2-4-7-15)17-8-5-9-18(21(22)27)19(17)23-25/h2-9,16H,10-13H2,1H3,(H2,22,27). The number of hydrogen-bond acceptors (Lipinski definition) is 3. The summed E-state index contributed by atoms with van der Waals surface area (Å²) in [4.78, 5) is 25.4. The van der Waals surface area contributed by atoms with E-state index in [0.29, 0.717) is 24.2 Å². The zero-order valence-corrected chi connectivity index (χ0v) is 15.3. The van der Waals surface area contributed by atoms with E-state index in [4.69, 9.17) is 10.8 Å². The number of nitrogens with two attached hydrogens (primary N) is 1. The van der Waals surface area contributed by atoms with Gasteiger partial charge in [-0.2, -0.15) is 5.10 Å². The molecule has 1 fully saturated rings. The van der Waals surface area contributed by atoms with Crippen LogP contribution in [0.2, 0.25) is 0 Å². The first-order valence-corrected chi connectivity index (χ1v) is 9.18. The molecule has 1 aliphatic heterocycles.